The highest BCUT2D eigenvalue weighted by molar-refractivity contribution is 7.26. The van der Waals surface area contributed by atoms with Crippen molar-refractivity contribution in [1.29, 1.82) is 0 Å². The molecule has 0 bridgehead atoms. The van der Waals surface area contributed by atoms with Gasteiger partial charge in [-0.25, -0.2) is 0 Å². The third-order valence-corrected chi connectivity index (χ3v) is 19.1. The molecular formula is C72H56BN3OS. The van der Waals surface area contributed by atoms with Gasteiger partial charge in [0.1, 0.15) is 5.58 Å². The van der Waals surface area contributed by atoms with Gasteiger partial charge < -0.3 is 18.7 Å². The summed E-state index contributed by atoms with van der Waals surface area (Å²) in [6.45, 7) is 16.6. The minimum atomic E-state index is -0.285. The molecule has 1 aliphatic carbocycles. The maximum atomic E-state index is 7.28. The largest absolute Gasteiger partial charge is 0.454 e. The average Bonchev–Trinajstić information content (AvgIpc) is 2.05. The summed E-state index contributed by atoms with van der Waals surface area (Å²) in [7, 11) is 0. The van der Waals surface area contributed by atoms with E-state index in [1.807, 2.05) is 11.3 Å². The van der Waals surface area contributed by atoms with Crippen molar-refractivity contribution in [3.8, 4) is 22.3 Å². The molecule has 374 valence electrons. The lowest BCUT2D eigenvalue weighted by atomic mass is 9.44. The minimum absolute atomic E-state index is 0.0734. The average molecular weight is 1020 g/mol. The summed E-state index contributed by atoms with van der Waals surface area (Å²) in [5.74, 6) is 0. The zero-order valence-electron chi connectivity index (χ0n) is 44.9. The van der Waals surface area contributed by atoms with Crippen LogP contribution >= 0.6 is 11.3 Å². The maximum Gasteiger partial charge on any atom is 0.333 e. The van der Waals surface area contributed by atoms with E-state index in [9.17, 15) is 0 Å². The topological polar surface area (TPSA) is 24.6 Å². The van der Waals surface area contributed by atoms with E-state index < -0.39 is 0 Å². The summed E-state index contributed by atoms with van der Waals surface area (Å²) < 4.78 is 12.6. The Bertz CT molecular complexity index is 4630. The molecule has 10 aromatic carbocycles. The molecule has 0 saturated heterocycles. The summed E-state index contributed by atoms with van der Waals surface area (Å²) in [6.07, 6.45) is 0. The van der Waals surface area contributed by atoms with Gasteiger partial charge in [-0.05, 0) is 129 Å². The lowest BCUT2D eigenvalue weighted by Gasteiger charge is -2.47. The third-order valence-electron chi connectivity index (χ3n) is 17.9. The molecule has 0 atom stereocenters. The van der Waals surface area contributed by atoms with Crippen LogP contribution in [0.1, 0.15) is 76.3 Å². The number of furan rings is 1. The third kappa shape index (κ3) is 6.18. The number of benzene rings is 10. The van der Waals surface area contributed by atoms with E-state index in [2.05, 4.69) is 275 Å². The van der Waals surface area contributed by atoms with Crippen LogP contribution in [0, 0.1) is 0 Å². The summed E-state index contributed by atoms with van der Waals surface area (Å²) >= 11 is 1.93. The van der Waals surface area contributed by atoms with E-state index in [0.717, 1.165) is 44.5 Å². The monoisotopic (exact) mass is 1020 g/mol. The van der Waals surface area contributed by atoms with Crippen LogP contribution in [0.4, 0.5) is 34.1 Å². The maximum absolute atomic E-state index is 7.28. The fourth-order valence-electron chi connectivity index (χ4n) is 14.2. The number of rotatable bonds is 5. The molecule has 13 aromatic rings. The van der Waals surface area contributed by atoms with Gasteiger partial charge in [0.2, 0.25) is 0 Å². The molecule has 5 heterocycles. The number of anilines is 6. The molecule has 0 amide bonds. The molecule has 0 fully saturated rings. The number of hydrogen-bond acceptors (Lipinski definition) is 4. The summed E-state index contributed by atoms with van der Waals surface area (Å²) in [5, 5.41) is 4.78. The van der Waals surface area contributed by atoms with Crippen molar-refractivity contribution in [3.63, 3.8) is 0 Å². The van der Waals surface area contributed by atoms with E-state index in [1.165, 1.54) is 104 Å². The molecular weight excluding hydrogens is 966 g/mol. The lowest BCUT2D eigenvalue weighted by molar-refractivity contribution is 0.521. The minimum Gasteiger partial charge on any atom is -0.454 e. The molecule has 3 aliphatic rings. The standard InChI is InChI=1S/C72H56BN3OS/c1-70(2,3)44-35-36-59(50(37-44)43-23-11-8-12-24-43)75-60-42-57-56(71(4,5)54-31-19-20-32-55(54)72(57,6)7)41-58(60)73-65-61(75)40-51-48-29-18-22-34-63(48)78-69(51)64(65)52-38-47(74(45-25-13-9-14-26-45)46-27-15-10-16-28-46)39-53-66(52)76(73)67-49-30-17-21-33-62(49)77-68(53)67/h8-42H,1-7H3. The van der Waals surface area contributed by atoms with Gasteiger partial charge in [-0.2, -0.15) is 0 Å². The Labute approximate surface area is 459 Å². The molecule has 2 aliphatic heterocycles. The van der Waals surface area contributed by atoms with Gasteiger partial charge in [0.15, 0.2) is 5.58 Å². The van der Waals surface area contributed by atoms with Crippen molar-refractivity contribution in [2.75, 3.05) is 9.80 Å². The predicted molar refractivity (Wildman–Crippen MR) is 332 cm³/mol. The van der Waals surface area contributed by atoms with E-state index in [0.29, 0.717) is 0 Å². The molecule has 16 rings (SSSR count). The number of aromatic nitrogens is 1. The zero-order chi connectivity index (χ0) is 52.6. The van der Waals surface area contributed by atoms with Crippen molar-refractivity contribution in [1.82, 2.24) is 4.48 Å². The lowest BCUT2D eigenvalue weighted by Crippen LogP contribution is -2.57. The molecule has 0 spiro atoms. The SMILES string of the molecule is CC(C)(C)c1ccc(N2c3cc4c(cc3B3c5c2cc2c(sc6ccccc62)c5-c2cc(N(c5ccccc5)c5ccccc5)cc5c6oc7ccccc7c6n3c25)C(C)(C)c2ccccc2C4(C)C)c(-c2ccccc2)c1. The normalized spacial score (nSPS) is 14.8. The van der Waals surface area contributed by atoms with Gasteiger partial charge in [-0.1, -0.05) is 182 Å². The molecule has 0 saturated carbocycles. The van der Waals surface area contributed by atoms with Crippen LogP contribution < -0.4 is 20.7 Å². The molecule has 4 nitrogen and oxygen atoms in total. The van der Waals surface area contributed by atoms with Crippen LogP contribution in [-0.2, 0) is 16.2 Å². The Balaban J connectivity index is 1.12. The number of thiophene rings is 1. The van der Waals surface area contributed by atoms with Crippen molar-refractivity contribution in [3.05, 3.63) is 240 Å². The second kappa shape index (κ2) is 16.0. The molecule has 0 radical (unpaired) electrons. The Morgan fingerprint density at radius 1 is 0.487 bits per heavy atom. The number of nitrogens with zero attached hydrogens (tertiary/aromatic N) is 3. The van der Waals surface area contributed by atoms with Crippen molar-refractivity contribution < 1.29 is 4.42 Å². The van der Waals surface area contributed by atoms with Gasteiger partial charge >= 0.3 is 6.85 Å². The van der Waals surface area contributed by atoms with E-state index in [-0.39, 0.29) is 23.1 Å². The van der Waals surface area contributed by atoms with E-state index >= 15 is 0 Å². The number of fused-ring (bicyclic) bond motifs is 15. The van der Waals surface area contributed by atoms with Gasteiger partial charge in [-0.15, -0.1) is 11.3 Å². The summed E-state index contributed by atoms with van der Waals surface area (Å²) in [4.78, 5) is 5.11. The van der Waals surface area contributed by atoms with E-state index in [1.54, 1.807) is 0 Å². The van der Waals surface area contributed by atoms with Crippen LogP contribution in [0.3, 0.4) is 0 Å². The fraction of sp³-hybridized carbons (Fsp3) is 0.139. The smallest absolute Gasteiger partial charge is 0.333 e. The van der Waals surface area contributed by atoms with Crippen LogP contribution in [0.5, 0.6) is 0 Å². The van der Waals surface area contributed by atoms with Crippen molar-refractivity contribution >= 4 is 116 Å². The molecule has 0 N–H and O–H groups in total. The van der Waals surface area contributed by atoms with E-state index in [4.69, 9.17) is 4.42 Å². The van der Waals surface area contributed by atoms with Crippen molar-refractivity contribution in [2.45, 2.75) is 64.7 Å². The van der Waals surface area contributed by atoms with Gasteiger partial charge in [-0.3, -0.25) is 0 Å². The van der Waals surface area contributed by atoms with Crippen LogP contribution in [0.15, 0.2) is 217 Å². The number of para-hydroxylation sites is 3. The quantitative estimate of drug-likeness (QED) is 0.161. The van der Waals surface area contributed by atoms with Gasteiger partial charge in [0.25, 0.3) is 0 Å². The second-order valence-corrected chi connectivity index (χ2v) is 25.1. The van der Waals surface area contributed by atoms with Crippen molar-refractivity contribution in [2.24, 2.45) is 0 Å². The van der Waals surface area contributed by atoms with Crippen LogP contribution in [-0.4, -0.2) is 11.3 Å². The zero-order valence-corrected chi connectivity index (χ0v) is 45.8. The van der Waals surface area contributed by atoms with Crippen LogP contribution in [0.25, 0.3) is 75.4 Å². The summed E-state index contributed by atoms with van der Waals surface area (Å²) in [6, 6.07) is 79.8. The highest BCUT2D eigenvalue weighted by atomic mass is 32.1. The Kier molecular flexibility index (Phi) is 9.36. The first-order chi connectivity index (χ1) is 37.9. The van der Waals surface area contributed by atoms with Gasteiger partial charge in [0.05, 0.1) is 11.2 Å². The predicted octanol–water partition coefficient (Wildman–Crippen LogP) is 18.7. The molecule has 6 heteroatoms. The Morgan fingerprint density at radius 3 is 1.79 bits per heavy atom. The summed E-state index contributed by atoms with van der Waals surface area (Å²) in [5.41, 5.74) is 24.7. The highest BCUT2D eigenvalue weighted by Crippen LogP contribution is 2.57. The Hall–Kier alpha value is -8.58. The first-order valence-electron chi connectivity index (χ1n) is 27.5. The van der Waals surface area contributed by atoms with Gasteiger partial charge in [0, 0.05) is 92.4 Å². The number of hydrogen-bond donors (Lipinski definition) is 0. The van der Waals surface area contributed by atoms with Crippen LogP contribution in [0.2, 0.25) is 0 Å². The Morgan fingerprint density at radius 2 is 1.10 bits per heavy atom. The molecule has 0 unspecified atom stereocenters. The first-order valence-corrected chi connectivity index (χ1v) is 28.3. The highest BCUT2D eigenvalue weighted by Gasteiger charge is 2.49. The fourth-order valence-corrected chi connectivity index (χ4v) is 15.4. The first kappa shape index (κ1) is 45.6. The molecule has 3 aromatic heterocycles. The second-order valence-electron chi connectivity index (χ2n) is 24.0. The molecule has 78 heavy (non-hydrogen) atoms.